The van der Waals surface area contributed by atoms with Crippen molar-refractivity contribution in [1.82, 2.24) is 15.2 Å². The van der Waals surface area contributed by atoms with Crippen LogP contribution >= 0.6 is 0 Å². The summed E-state index contributed by atoms with van der Waals surface area (Å²) in [6.07, 6.45) is 2.92. The first-order valence-electron chi connectivity index (χ1n) is 10.3. The maximum absolute atomic E-state index is 13.8. The Morgan fingerprint density at radius 2 is 2.03 bits per heavy atom. The summed E-state index contributed by atoms with van der Waals surface area (Å²) in [7, 11) is 1.91. The first-order valence-corrected chi connectivity index (χ1v) is 10.3. The van der Waals surface area contributed by atoms with Crippen LogP contribution in [0.15, 0.2) is 42.6 Å². The number of rotatable bonds is 5. The minimum Gasteiger partial charge on any atom is -0.507 e. The lowest BCUT2D eigenvalue weighted by Gasteiger charge is -2.27. The Labute approximate surface area is 174 Å². The quantitative estimate of drug-likeness (QED) is 0.617. The molecule has 30 heavy (non-hydrogen) atoms. The summed E-state index contributed by atoms with van der Waals surface area (Å²) in [5.74, 6) is -2.30. The maximum atomic E-state index is 13.8. The molecule has 0 unspecified atom stereocenters. The number of anilines is 1. The minimum absolute atomic E-state index is 0.0155. The number of hydrogen-bond acceptors (Lipinski definition) is 5. The number of phenolic OH excluding ortho intramolecular Hbond substituents is 1. The molecule has 0 radical (unpaired) electrons. The molecule has 0 saturated heterocycles. The van der Waals surface area contributed by atoms with E-state index < -0.39 is 11.8 Å². The summed E-state index contributed by atoms with van der Waals surface area (Å²) < 4.78 is 27.7. The Morgan fingerprint density at radius 3 is 2.70 bits per heavy atom. The van der Waals surface area contributed by atoms with Crippen LogP contribution in [0.3, 0.4) is 0 Å². The highest BCUT2D eigenvalue weighted by Crippen LogP contribution is 2.45. The Balaban J connectivity index is 1.49. The van der Waals surface area contributed by atoms with Gasteiger partial charge in [-0.05, 0) is 56.0 Å². The summed E-state index contributed by atoms with van der Waals surface area (Å²) in [5.41, 5.74) is 1.89. The van der Waals surface area contributed by atoms with E-state index in [1.54, 1.807) is 31.3 Å². The molecule has 0 aliphatic heterocycles. The van der Waals surface area contributed by atoms with Gasteiger partial charge in [-0.15, -0.1) is 10.2 Å². The van der Waals surface area contributed by atoms with Crippen molar-refractivity contribution in [2.75, 3.05) is 11.9 Å². The molecule has 2 aromatic heterocycles. The largest absolute Gasteiger partial charge is 0.507 e. The van der Waals surface area contributed by atoms with Crippen molar-refractivity contribution in [2.45, 2.75) is 45.1 Å². The summed E-state index contributed by atoms with van der Waals surface area (Å²) in [6, 6.07) is 10.9. The standard InChI is InChI=1S/C23H26F2N4O/c1-14-9-16(13-23(14,24)25)10-15(2)29(3)22-7-6-19(27-28-22)18-12-20-17(11-21(18)30)5-4-8-26-20/h4-8,11-12,14-16,30H,9-10,13H2,1-3H3/t14-,15-,16-/m0/s1. The van der Waals surface area contributed by atoms with E-state index in [-0.39, 0.29) is 24.1 Å². The number of aromatic hydroxyl groups is 1. The summed E-state index contributed by atoms with van der Waals surface area (Å²) in [5, 5.41) is 19.8. The van der Waals surface area contributed by atoms with Crippen LogP contribution in [0, 0.1) is 11.8 Å². The topological polar surface area (TPSA) is 62.1 Å². The van der Waals surface area contributed by atoms with Crippen molar-refractivity contribution in [1.29, 1.82) is 0 Å². The van der Waals surface area contributed by atoms with Crippen molar-refractivity contribution in [3.8, 4) is 17.0 Å². The van der Waals surface area contributed by atoms with Crippen molar-refractivity contribution >= 4 is 16.7 Å². The number of halogens is 2. The number of nitrogens with zero attached hydrogens (tertiary/aromatic N) is 4. The number of fused-ring (bicyclic) bond motifs is 1. The van der Waals surface area contributed by atoms with Crippen molar-refractivity contribution in [3.63, 3.8) is 0 Å². The molecule has 3 atom stereocenters. The highest BCUT2D eigenvalue weighted by atomic mass is 19.3. The van der Waals surface area contributed by atoms with E-state index in [0.717, 1.165) is 10.9 Å². The monoisotopic (exact) mass is 412 g/mol. The zero-order valence-corrected chi connectivity index (χ0v) is 17.4. The van der Waals surface area contributed by atoms with Crippen molar-refractivity contribution < 1.29 is 13.9 Å². The average molecular weight is 412 g/mol. The van der Waals surface area contributed by atoms with Crippen LogP contribution in [0.2, 0.25) is 0 Å². The van der Waals surface area contributed by atoms with Crippen LogP contribution < -0.4 is 4.90 Å². The minimum atomic E-state index is -2.55. The molecule has 5 nitrogen and oxygen atoms in total. The fraction of sp³-hybridized carbons (Fsp3) is 0.435. The van der Waals surface area contributed by atoms with Crippen molar-refractivity contribution in [2.24, 2.45) is 11.8 Å². The van der Waals surface area contributed by atoms with Gasteiger partial charge in [0.15, 0.2) is 5.82 Å². The van der Waals surface area contributed by atoms with Gasteiger partial charge in [-0.2, -0.15) is 0 Å². The molecule has 1 aliphatic carbocycles. The van der Waals surface area contributed by atoms with E-state index in [1.807, 2.05) is 37.1 Å². The summed E-state index contributed by atoms with van der Waals surface area (Å²) in [4.78, 5) is 6.29. The predicted octanol–water partition coefficient (Wildman–Crippen LogP) is 5.29. The second kappa shape index (κ2) is 7.78. The van der Waals surface area contributed by atoms with Crippen LogP contribution in [0.4, 0.5) is 14.6 Å². The van der Waals surface area contributed by atoms with Gasteiger partial charge in [-0.25, -0.2) is 8.78 Å². The molecule has 4 rings (SSSR count). The maximum Gasteiger partial charge on any atom is 0.250 e. The van der Waals surface area contributed by atoms with E-state index in [1.165, 1.54) is 0 Å². The van der Waals surface area contributed by atoms with E-state index in [0.29, 0.717) is 29.9 Å². The lowest BCUT2D eigenvalue weighted by Crippen LogP contribution is -2.31. The second-order valence-corrected chi connectivity index (χ2v) is 8.51. The van der Waals surface area contributed by atoms with E-state index >= 15 is 0 Å². The highest BCUT2D eigenvalue weighted by molar-refractivity contribution is 5.87. The van der Waals surface area contributed by atoms with Crippen LogP contribution in [-0.2, 0) is 0 Å². The lowest BCUT2D eigenvalue weighted by atomic mass is 9.97. The molecule has 7 heteroatoms. The van der Waals surface area contributed by atoms with Crippen LogP contribution in [0.25, 0.3) is 22.2 Å². The Hall–Kier alpha value is -2.83. The van der Waals surface area contributed by atoms with Gasteiger partial charge in [0.05, 0.1) is 11.2 Å². The highest BCUT2D eigenvalue weighted by Gasteiger charge is 2.46. The third-order valence-electron chi connectivity index (χ3n) is 6.31. The number of phenols is 1. The van der Waals surface area contributed by atoms with E-state index in [9.17, 15) is 13.9 Å². The number of benzene rings is 1. The molecular weight excluding hydrogens is 386 g/mol. The molecular formula is C23H26F2N4O. The lowest BCUT2D eigenvalue weighted by molar-refractivity contribution is -0.0324. The molecule has 0 bridgehead atoms. The van der Waals surface area contributed by atoms with E-state index in [2.05, 4.69) is 15.2 Å². The van der Waals surface area contributed by atoms with Gasteiger partial charge in [-0.3, -0.25) is 4.98 Å². The molecule has 1 saturated carbocycles. The Morgan fingerprint density at radius 1 is 1.23 bits per heavy atom. The van der Waals surface area contributed by atoms with Gasteiger partial charge >= 0.3 is 0 Å². The zero-order chi connectivity index (χ0) is 21.5. The molecule has 158 valence electrons. The number of hydrogen-bond donors (Lipinski definition) is 1. The third-order valence-corrected chi connectivity index (χ3v) is 6.31. The first-order chi connectivity index (χ1) is 14.2. The fourth-order valence-electron chi connectivity index (χ4n) is 4.36. The summed E-state index contributed by atoms with van der Waals surface area (Å²) in [6.45, 7) is 3.66. The van der Waals surface area contributed by atoms with Gasteiger partial charge in [0.2, 0.25) is 0 Å². The average Bonchev–Trinajstić information content (AvgIpc) is 2.98. The SMILES string of the molecule is C[C@@H](C[C@@H]1C[C@H](C)C(F)(F)C1)N(C)c1ccc(-c2cc3ncccc3cc2O)nn1. The molecule has 1 aromatic carbocycles. The molecule has 0 amide bonds. The zero-order valence-electron chi connectivity index (χ0n) is 17.4. The van der Waals surface area contributed by atoms with Crippen molar-refractivity contribution in [3.05, 3.63) is 42.6 Å². The smallest absolute Gasteiger partial charge is 0.250 e. The van der Waals surface area contributed by atoms with Gasteiger partial charge < -0.3 is 10.0 Å². The van der Waals surface area contributed by atoms with Crippen LogP contribution in [-0.4, -0.2) is 39.3 Å². The Kier molecular flexibility index (Phi) is 5.30. The fourth-order valence-corrected chi connectivity index (χ4v) is 4.36. The number of pyridine rings is 1. The molecule has 1 fully saturated rings. The van der Waals surface area contributed by atoms with Gasteiger partial charge in [-0.1, -0.05) is 13.0 Å². The van der Waals surface area contributed by atoms with Crippen LogP contribution in [0.5, 0.6) is 5.75 Å². The molecule has 0 spiro atoms. The molecule has 1 aliphatic rings. The second-order valence-electron chi connectivity index (χ2n) is 8.51. The van der Waals surface area contributed by atoms with Gasteiger partial charge in [0.1, 0.15) is 5.75 Å². The molecule has 2 heterocycles. The number of alkyl halides is 2. The van der Waals surface area contributed by atoms with Gasteiger partial charge in [0.25, 0.3) is 5.92 Å². The third kappa shape index (κ3) is 3.93. The molecule has 3 aromatic rings. The summed E-state index contributed by atoms with van der Waals surface area (Å²) >= 11 is 0. The Bertz CT molecular complexity index is 1040. The number of aromatic nitrogens is 3. The normalized spacial score (nSPS) is 21.6. The first kappa shape index (κ1) is 20.4. The predicted molar refractivity (Wildman–Crippen MR) is 114 cm³/mol. The van der Waals surface area contributed by atoms with Crippen LogP contribution in [0.1, 0.15) is 33.1 Å². The van der Waals surface area contributed by atoms with E-state index in [4.69, 9.17) is 0 Å². The molecule has 1 N–H and O–H groups in total. The van der Waals surface area contributed by atoms with Gasteiger partial charge in [0, 0.05) is 42.6 Å².